The van der Waals surface area contributed by atoms with Crippen LogP contribution in [0.2, 0.25) is 0 Å². The molecule has 1 heterocycles. The van der Waals surface area contributed by atoms with Gasteiger partial charge in [-0.3, -0.25) is 0 Å². The van der Waals surface area contributed by atoms with Gasteiger partial charge in [-0.2, -0.15) is 4.68 Å². The van der Waals surface area contributed by atoms with Gasteiger partial charge in [0.15, 0.2) is 0 Å². The molecule has 1 aromatic heterocycles. The highest BCUT2D eigenvalue weighted by atomic mass is 35.5. The Morgan fingerprint density at radius 3 is 2.73 bits per heavy atom. The lowest BCUT2D eigenvalue weighted by Gasteiger charge is -2.01. The Morgan fingerprint density at radius 2 is 2.07 bits per heavy atom. The molecule has 0 unspecified atom stereocenters. The summed E-state index contributed by atoms with van der Waals surface area (Å²) < 4.78 is 5.86. The fourth-order valence-electron chi connectivity index (χ4n) is 1.05. The van der Waals surface area contributed by atoms with Crippen LogP contribution >= 0.6 is 11.6 Å². The molecular formula is C8H5ClN4O2. The molecule has 0 aliphatic carbocycles. The molecule has 7 heteroatoms. The quantitative estimate of drug-likeness (QED) is 0.721. The van der Waals surface area contributed by atoms with Gasteiger partial charge >= 0.3 is 11.4 Å². The van der Waals surface area contributed by atoms with Crippen LogP contribution in [0.3, 0.4) is 0 Å². The zero-order chi connectivity index (χ0) is 10.7. The number of nitrogens with zero attached hydrogens (tertiary/aromatic N) is 4. The minimum atomic E-state index is -0.984. The van der Waals surface area contributed by atoms with Crippen molar-refractivity contribution in [2.45, 2.75) is 0 Å². The molecular weight excluding hydrogens is 220 g/mol. The average Bonchev–Trinajstić information content (AvgIpc) is 2.66. The maximum Gasteiger partial charge on any atom is 0.411 e. The molecule has 0 saturated carbocycles. The van der Waals surface area contributed by atoms with Crippen LogP contribution < -0.4 is 4.74 Å². The van der Waals surface area contributed by atoms with Gasteiger partial charge in [-0.25, -0.2) is 4.79 Å². The molecule has 0 spiro atoms. The van der Waals surface area contributed by atoms with Crippen LogP contribution in [0.4, 0.5) is 4.79 Å². The summed E-state index contributed by atoms with van der Waals surface area (Å²) in [5.41, 5.74) is -0.308. The fraction of sp³-hybridized carbons (Fsp3) is 0. The Labute approximate surface area is 89.4 Å². The second kappa shape index (κ2) is 4.05. The van der Waals surface area contributed by atoms with Crippen molar-refractivity contribution in [3.05, 3.63) is 30.3 Å². The summed E-state index contributed by atoms with van der Waals surface area (Å²) in [6.45, 7) is 0. The van der Waals surface area contributed by atoms with Crippen molar-refractivity contribution < 1.29 is 9.53 Å². The largest absolute Gasteiger partial charge is 0.411 e. The first-order chi connectivity index (χ1) is 7.27. The predicted octanol–water partition coefficient (Wildman–Crippen LogP) is 1.40. The van der Waals surface area contributed by atoms with Crippen LogP contribution in [0.15, 0.2) is 30.3 Å². The zero-order valence-corrected chi connectivity index (χ0v) is 8.13. The number of benzene rings is 1. The smallest absolute Gasteiger partial charge is 0.377 e. The third-order valence-corrected chi connectivity index (χ3v) is 1.69. The van der Waals surface area contributed by atoms with Gasteiger partial charge in [0, 0.05) is 11.6 Å². The summed E-state index contributed by atoms with van der Waals surface area (Å²) in [5.74, 6) is 0. The van der Waals surface area contributed by atoms with E-state index in [9.17, 15) is 4.79 Å². The van der Waals surface area contributed by atoms with Crippen LogP contribution in [0.5, 0.6) is 6.01 Å². The molecule has 0 aliphatic rings. The van der Waals surface area contributed by atoms with Gasteiger partial charge in [-0.05, 0) is 22.6 Å². The van der Waals surface area contributed by atoms with Gasteiger partial charge in [-0.1, -0.05) is 23.3 Å². The number of carbonyl (C=O) groups excluding carboxylic acids is 1. The number of hydrogen-bond donors (Lipinski definition) is 0. The number of halogens is 1. The van der Waals surface area contributed by atoms with E-state index in [1.807, 2.05) is 18.2 Å². The summed E-state index contributed by atoms with van der Waals surface area (Å²) in [5, 5.41) is 10.5. The van der Waals surface area contributed by atoms with Crippen molar-refractivity contribution in [2.75, 3.05) is 0 Å². The molecule has 2 rings (SSSR count). The lowest BCUT2D eigenvalue weighted by atomic mass is 10.3. The van der Waals surface area contributed by atoms with E-state index < -0.39 is 5.43 Å². The highest BCUT2D eigenvalue weighted by Gasteiger charge is 2.11. The minimum Gasteiger partial charge on any atom is -0.377 e. The second-order valence-electron chi connectivity index (χ2n) is 2.55. The maximum atomic E-state index is 10.5. The van der Waals surface area contributed by atoms with Gasteiger partial charge in [0.1, 0.15) is 0 Å². The van der Waals surface area contributed by atoms with E-state index in [4.69, 9.17) is 11.6 Å². The number of aromatic nitrogens is 4. The Balaban J connectivity index is 2.37. The van der Waals surface area contributed by atoms with E-state index in [1.165, 1.54) is 4.68 Å². The summed E-state index contributed by atoms with van der Waals surface area (Å²) in [7, 11) is 0. The zero-order valence-electron chi connectivity index (χ0n) is 7.37. The third-order valence-electron chi connectivity index (χ3n) is 1.61. The first-order valence-corrected chi connectivity index (χ1v) is 4.36. The number of carbonyl (C=O) groups is 1. The summed E-state index contributed by atoms with van der Waals surface area (Å²) in [6.07, 6.45) is 0. The van der Waals surface area contributed by atoms with Crippen LogP contribution in [0, 0.1) is 0 Å². The van der Waals surface area contributed by atoms with Crippen molar-refractivity contribution in [3.63, 3.8) is 0 Å². The van der Waals surface area contributed by atoms with Crippen molar-refractivity contribution in [2.24, 2.45) is 0 Å². The number of hydrogen-bond acceptors (Lipinski definition) is 5. The van der Waals surface area contributed by atoms with Gasteiger partial charge in [0.25, 0.3) is 0 Å². The summed E-state index contributed by atoms with van der Waals surface area (Å²) >= 11 is 5.06. The first-order valence-electron chi connectivity index (χ1n) is 3.98. The molecule has 0 N–H and O–H groups in total. The molecule has 0 amide bonds. The van der Waals surface area contributed by atoms with E-state index in [0.717, 1.165) is 0 Å². The molecule has 0 fully saturated rings. The molecule has 2 aromatic rings. The van der Waals surface area contributed by atoms with Crippen molar-refractivity contribution in [1.82, 2.24) is 20.2 Å². The van der Waals surface area contributed by atoms with Crippen molar-refractivity contribution >= 4 is 17.0 Å². The number of para-hydroxylation sites is 1. The SMILES string of the molecule is O=C(Cl)Oc1nnnn1-c1ccccc1. The molecule has 0 atom stereocenters. The van der Waals surface area contributed by atoms with Gasteiger partial charge in [0.2, 0.25) is 0 Å². The third kappa shape index (κ3) is 2.10. The molecule has 0 aliphatic heterocycles. The second-order valence-corrected chi connectivity index (χ2v) is 2.86. The van der Waals surface area contributed by atoms with E-state index in [0.29, 0.717) is 5.69 Å². The molecule has 0 radical (unpaired) electrons. The number of tetrazole rings is 1. The van der Waals surface area contributed by atoms with Gasteiger partial charge < -0.3 is 4.74 Å². The van der Waals surface area contributed by atoms with Gasteiger partial charge in [-0.15, -0.1) is 0 Å². The minimum absolute atomic E-state index is 0.0683. The molecule has 6 nitrogen and oxygen atoms in total. The van der Waals surface area contributed by atoms with E-state index >= 15 is 0 Å². The molecule has 0 bridgehead atoms. The van der Waals surface area contributed by atoms with Crippen molar-refractivity contribution in [1.29, 1.82) is 0 Å². The lowest BCUT2D eigenvalue weighted by molar-refractivity contribution is 0.220. The Bertz CT molecular complexity index is 471. The van der Waals surface area contributed by atoms with Crippen LogP contribution in [0.25, 0.3) is 5.69 Å². The molecule has 76 valence electrons. The highest BCUT2D eigenvalue weighted by Crippen LogP contribution is 2.12. The predicted molar refractivity (Wildman–Crippen MR) is 51.0 cm³/mol. The number of rotatable bonds is 2. The Morgan fingerprint density at radius 1 is 1.33 bits per heavy atom. The monoisotopic (exact) mass is 224 g/mol. The van der Waals surface area contributed by atoms with Crippen LogP contribution in [-0.4, -0.2) is 25.6 Å². The van der Waals surface area contributed by atoms with E-state index in [2.05, 4.69) is 20.3 Å². The average molecular weight is 225 g/mol. The Kier molecular flexibility index (Phi) is 2.59. The first kappa shape index (κ1) is 9.60. The van der Waals surface area contributed by atoms with Crippen LogP contribution in [-0.2, 0) is 0 Å². The fourth-order valence-corrected chi connectivity index (χ4v) is 1.11. The Hall–Kier alpha value is -1.95. The normalized spacial score (nSPS) is 9.93. The topological polar surface area (TPSA) is 69.9 Å². The van der Waals surface area contributed by atoms with Crippen molar-refractivity contribution in [3.8, 4) is 11.7 Å². The molecule has 1 aromatic carbocycles. The summed E-state index contributed by atoms with van der Waals surface area (Å²) in [6, 6.07) is 8.93. The van der Waals surface area contributed by atoms with Crippen LogP contribution in [0.1, 0.15) is 0 Å². The van der Waals surface area contributed by atoms with E-state index in [1.54, 1.807) is 12.1 Å². The molecule has 15 heavy (non-hydrogen) atoms. The lowest BCUT2D eigenvalue weighted by Crippen LogP contribution is -2.05. The number of ether oxygens (including phenoxy) is 1. The standard InChI is InChI=1S/C8H5ClN4O2/c9-7(14)15-8-10-11-12-13(8)6-4-2-1-3-5-6/h1-5H. The van der Waals surface area contributed by atoms with Gasteiger partial charge in [0.05, 0.1) is 5.69 Å². The molecule has 0 saturated heterocycles. The highest BCUT2D eigenvalue weighted by molar-refractivity contribution is 6.61. The van der Waals surface area contributed by atoms with E-state index in [-0.39, 0.29) is 6.01 Å². The maximum absolute atomic E-state index is 10.5. The summed E-state index contributed by atoms with van der Waals surface area (Å²) in [4.78, 5) is 10.5.